The normalized spacial score (nSPS) is 26.1. The Balaban J connectivity index is 2.30. The van der Waals surface area contributed by atoms with E-state index in [4.69, 9.17) is 5.11 Å². The van der Waals surface area contributed by atoms with E-state index >= 15 is 0 Å². The Labute approximate surface area is 113 Å². The zero-order valence-electron chi connectivity index (χ0n) is 11.0. The van der Waals surface area contributed by atoms with Crippen molar-refractivity contribution in [3.63, 3.8) is 0 Å². The van der Waals surface area contributed by atoms with Crippen LogP contribution in [-0.2, 0) is 21.1 Å². The predicted octanol–water partition coefficient (Wildman–Crippen LogP) is 1.85. The van der Waals surface area contributed by atoms with E-state index in [0.29, 0.717) is 0 Å². The van der Waals surface area contributed by atoms with E-state index in [-0.39, 0.29) is 5.75 Å². The molecule has 0 aliphatic heterocycles. The summed E-state index contributed by atoms with van der Waals surface area (Å²) in [4.78, 5) is 11.2. The second kappa shape index (κ2) is 4.96. The molecule has 1 saturated carbocycles. The van der Waals surface area contributed by atoms with E-state index in [1.807, 2.05) is 31.2 Å². The van der Waals surface area contributed by atoms with Crippen molar-refractivity contribution in [2.75, 3.05) is 5.75 Å². The highest BCUT2D eigenvalue weighted by Crippen LogP contribution is 2.52. The Morgan fingerprint density at radius 1 is 1.21 bits per heavy atom. The fourth-order valence-electron chi connectivity index (χ4n) is 2.59. The molecule has 3 atom stereocenters. The van der Waals surface area contributed by atoms with Gasteiger partial charge in [-0.3, -0.25) is 4.79 Å². The number of carbonyl (C=O) groups is 1. The zero-order chi connectivity index (χ0) is 14.2. The lowest BCUT2D eigenvalue weighted by molar-refractivity contribution is -0.138. The number of aryl methyl sites for hydroxylation is 1. The summed E-state index contributed by atoms with van der Waals surface area (Å²) in [6, 6.07) is 7.57. The van der Waals surface area contributed by atoms with Crippen molar-refractivity contribution in [2.24, 2.45) is 5.92 Å². The molecular formula is C14H18O4S. The summed E-state index contributed by atoms with van der Waals surface area (Å²) in [5.41, 5.74) is 1.97. The van der Waals surface area contributed by atoms with Crippen molar-refractivity contribution < 1.29 is 18.3 Å². The minimum Gasteiger partial charge on any atom is -0.481 e. The number of rotatable bonds is 5. The lowest BCUT2D eigenvalue weighted by Crippen LogP contribution is -2.14. The van der Waals surface area contributed by atoms with Crippen LogP contribution in [-0.4, -0.2) is 30.5 Å². The highest BCUT2D eigenvalue weighted by atomic mass is 32.2. The summed E-state index contributed by atoms with van der Waals surface area (Å²) >= 11 is 0. The average Bonchev–Trinajstić information content (AvgIpc) is 3.15. The van der Waals surface area contributed by atoms with E-state index in [1.165, 1.54) is 0 Å². The van der Waals surface area contributed by atoms with Crippen LogP contribution in [0, 0.1) is 5.92 Å². The van der Waals surface area contributed by atoms with Gasteiger partial charge in [0.1, 0.15) is 0 Å². The molecule has 4 nitrogen and oxygen atoms in total. The van der Waals surface area contributed by atoms with E-state index < -0.39 is 32.9 Å². The van der Waals surface area contributed by atoms with Crippen LogP contribution in [0.15, 0.2) is 24.3 Å². The molecule has 0 unspecified atom stereocenters. The number of hydrogen-bond acceptors (Lipinski definition) is 3. The van der Waals surface area contributed by atoms with Crippen LogP contribution in [0.5, 0.6) is 0 Å². The molecule has 1 fully saturated rings. The molecule has 0 saturated heterocycles. The smallest absolute Gasteiger partial charge is 0.308 e. The van der Waals surface area contributed by atoms with E-state index in [2.05, 4.69) is 0 Å². The summed E-state index contributed by atoms with van der Waals surface area (Å²) in [6.07, 6.45) is 0.907. The molecule has 0 aromatic heterocycles. The molecule has 1 aliphatic carbocycles. The first-order valence-corrected chi connectivity index (χ1v) is 8.17. The van der Waals surface area contributed by atoms with Crippen molar-refractivity contribution >= 4 is 15.8 Å². The number of hydrogen-bond donors (Lipinski definition) is 1. The van der Waals surface area contributed by atoms with Gasteiger partial charge in [0.25, 0.3) is 0 Å². The van der Waals surface area contributed by atoms with Gasteiger partial charge in [-0.1, -0.05) is 38.1 Å². The molecule has 0 heterocycles. The Morgan fingerprint density at radius 2 is 1.79 bits per heavy atom. The Bertz CT molecular complexity index is 574. The molecule has 0 amide bonds. The second-order valence-corrected chi connectivity index (χ2v) is 7.35. The number of carboxylic acids is 1. The topological polar surface area (TPSA) is 71.4 Å². The van der Waals surface area contributed by atoms with Gasteiger partial charge in [0.2, 0.25) is 0 Å². The molecule has 0 radical (unpaired) electrons. The molecule has 0 bridgehead atoms. The molecule has 5 heteroatoms. The van der Waals surface area contributed by atoms with Crippen LogP contribution in [0.1, 0.15) is 30.9 Å². The van der Waals surface area contributed by atoms with Crippen molar-refractivity contribution in [1.29, 1.82) is 0 Å². The van der Waals surface area contributed by atoms with Gasteiger partial charge in [-0.2, -0.15) is 0 Å². The van der Waals surface area contributed by atoms with Crippen LogP contribution < -0.4 is 0 Å². The largest absolute Gasteiger partial charge is 0.481 e. The molecule has 0 spiro atoms. The van der Waals surface area contributed by atoms with E-state index in [9.17, 15) is 13.2 Å². The highest BCUT2D eigenvalue weighted by molar-refractivity contribution is 7.92. The number of benzene rings is 1. The molecule has 1 aliphatic rings. The van der Waals surface area contributed by atoms with Gasteiger partial charge < -0.3 is 5.11 Å². The molecule has 2 rings (SSSR count). The Kier molecular flexibility index (Phi) is 3.67. The quantitative estimate of drug-likeness (QED) is 0.894. The van der Waals surface area contributed by atoms with Gasteiger partial charge in [0, 0.05) is 11.7 Å². The third-order valence-electron chi connectivity index (χ3n) is 3.83. The first-order valence-electron chi connectivity index (χ1n) is 6.45. The SMILES string of the molecule is CCc1ccc([C@@H]2[C@@H](C(=O)O)[C@@H]2S(=O)(=O)CC)cc1. The van der Waals surface area contributed by atoms with Gasteiger partial charge in [-0.25, -0.2) is 8.42 Å². The number of carboxylic acid groups (broad SMARTS) is 1. The number of aliphatic carboxylic acids is 1. The third kappa shape index (κ3) is 2.52. The Morgan fingerprint density at radius 3 is 2.21 bits per heavy atom. The summed E-state index contributed by atoms with van der Waals surface area (Å²) in [6.45, 7) is 3.60. The van der Waals surface area contributed by atoms with Crippen molar-refractivity contribution in [2.45, 2.75) is 31.4 Å². The third-order valence-corrected chi connectivity index (χ3v) is 6.05. The van der Waals surface area contributed by atoms with Gasteiger partial charge in [0.05, 0.1) is 11.2 Å². The maximum absolute atomic E-state index is 11.9. The first kappa shape index (κ1) is 14.1. The van der Waals surface area contributed by atoms with E-state index in [1.54, 1.807) is 6.92 Å². The lowest BCUT2D eigenvalue weighted by atomic mass is 10.1. The van der Waals surface area contributed by atoms with E-state index in [0.717, 1.165) is 17.5 Å². The molecule has 104 valence electrons. The molecular weight excluding hydrogens is 264 g/mol. The van der Waals surface area contributed by atoms with Crippen LogP contribution in [0.2, 0.25) is 0 Å². The molecule has 1 aromatic rings. The van der Waals surface area contributed by atoms with Crippen molar-refractivity contribution in [3.8, 4) is 0 Å². The average molecular weight is 282 g/mol. The van der Waals surface area contributed by atoms with Gasteiger partial charge in [-0.15, -0.1) is 0 Å². The minimum atomic E-state index is -3.31. The summed E-state index contributed by atoms with van der Waals surface area (Å²) in [7, 11) is -3.31. The van der Waals surface area contributed by atoms with Crippen LogP contribution >= 0.6 is 0 Å². The standard InChI is InChI=1S/C14H18O4S/c1-3-9-5-7-10(8-6-9)11-12(14(15)16)13(11)19(17,18)4-2/h5-8,11-13H,3-4H2,1-2H3,(H,15,16)/t11-,12-,13-/m1/s1. The summed E-state index contributed by atoms with van der Waals surface area (Å²) in [5, 5.41) is 8.39. The summed E-state index contributed by atoms with van der Waals surface area (Å²) < 4.78 is 23.8. The molecule has 1 aromatic carbocycles. The first-order chi connectivity index (χ1) is 8.92. The maximum atomic E-state index is 11.9. The zero-order valence-corrected chi connectivity index (χ0v) is 11.9. The fourth-order valence-corrected chi connectivity index (χ4v) is 4.39. The summed E-state index contributed by atoms with van der Waals surface area (Å²) in [5.74, 6) is -2.22. The van der Waals surface area contributed by atoms with Crippen LogP contribution in [0.25, 0.3) is 0 Å². The van der Waals surface area contributed by atoms with Gasteiger partial charge >= 0.3 is 5.97 Å². The van der Waals surface area contributed by atoms with Crippen LogP contribution in [0.3, 0.4) is 0 Å². The van der Waals surface area contributed by atoms with Crippen molar-refractivity contribution in [1.82, 2.24) is 0 Å². The second-order valence-electron chi connectivity index (χ2n) is 4.90. The predicted molar refractivity (Wildman–Crippen MR) is 72.9 cm³/mol. The van der Waals surface area contributed by atoms with Crippen LogP contribution in [0.4, 0.5) is 0 Å². The van der Waals surface area contributed by atoms with Gasteiger partial charge in [0.15, 0.2) is 9.84 Å². The molecule has 19 heavy (non-hydrogen) atoms. The highest BCUT2D eigenvalue weighted by Gasteiger charge is 2.62. The minimum absolute atomic E-state index is 0.00894. The number of sulfone groups is 1. The molecule has 1 N–H and O–H groups in total. The fraction of sp³-hybridized carbons (Fsp3) is 0.500. The Hall–Kier alpha value is -1.36. The van der Waals surface area contributed by atoms with Crippen molar-refractivity contribution in [3.05, 3.63) is 35.4 Å². The monoisotopic (exact) mass is 282 g/mol. The lowest BCUT2D eigenvalue weighted by Gasteiger charge is -2.02. The van der Waals surface area contributed by atoms with Gasteiger partial charge in [-0.05, 0) is 17.5 Å². The maximum Gasteiger partial charge on any atom is 0.308 e.